The second-order valence-electron chi connectivity index (χ2n) is 13.6. The smallest absolute Gasteiger partial charge is 0.0682 e. The van der Waals surface area contributed by atoms with E-state index in [1.54, 1.807) is 5.57 Å². The molecule has 0 aromatic carbocycles. The molecule has 0 spiro atoms. The molecular formula is C30H50O2. The Labute approximate surface area is 197 Å². The lowest BCUT2D eigenvalue weighted by atomic mass is 9.46. The molecule has 0 radical (unpaired) electrons. The van der Waals surface area contributed by atoms with Gasteiger partial charge in [-0.2, -0.15) is 0 Å². The van der Waals surface area contributed by atoms with Gasteiger partial charge in [0.1, 0.15) is 0 Å². The van der Waals surface area contributed by atoms with E-state index in [4.69, 9.17) is 0 Å². The zero-order valence-electron chi connectivity index (χ0n) is 21.4. The molecule has 182 valence electrons. The fourth-order valence-corrected chi connectivity index (χ4v) is 9.68. The molecule has 2 N–H and O–H groups in total. The predicted molar refractivity (Wildman–Crippen MR) is 132 cm³/mol. The normalized spacial score (nSPS) is 48.1. The average molecular weight is 443 g/mol. The fourth-order valence-electron chi connectivity index (χ4n) is 9.68. The number of aliphatic hydroxyl groups is 2. The van der Waals surface area contributed by atoms with Crippen molar-refractivity contribution < 1.29 is 10.2 Å². The number of rotatable bonds is 6. The maximum atomic E-state index is 11.0. The van der Waals surface area contributed by atoms with Crippen molar-refractivity contribution in [2.75, 3.05) is 0 Å². The van der Waals surface area contributed by atoms with Crippen LogP contribution in [-0.4, -0.2) is 21.9 Å². The van der Waals surface area contributed by atoms with E-state index >= 15 is 0 Å². The summed E-state index contributed by atoms with van der Waals surface area (Å²) in [6, 6.07) is 0. The van der Waals surface area contributed by atoms with Crippen LogP contribution in [0.15, 0.2) is 11.6 Å². The highest BCUT2D eigenvalue weighted by Crippen LogP contribution is 2.67. The van der Waals surface area contributed by atoms with Crippen molar-refractivity contribution in [3.05, 3.63) is 11.6 Å². The molecule has 4 fully saturated rings. The fraction of sp³-hybridized carbons (Fsp3) is 0.933. The first-order chi connectivity index (χ1) is 15.2. The Bertz CT molecular complexity index is 724. The number of allylic oxidation sites excluding steroid dienone is 1. The Morgan fingerprint density at radius 2 is 1.78 bits per heavy atom. The Morgan fingerprint density at radius 3 is 2.47 bits per heavy atom. The average Bonchev–Trinajstić information content (AvgIpc) is 3.09. The second kappa shape index (κ2) is 8.40. The molecule has 0 bridgehead atoms. The van der Waals surface area contributed by atoms with Crippen LogP contribution in [0, 0.1) is 46.3 Å². The van der Waals surface area contributed by atoms with Gasteiger partial charge >= 0.3 is 0 Å². The van der Waals surface area contributed by atoms with Gasteiger partial charge in [-0.3, -0.25) is 0 Å². The summed E-state index contributed by atoms with van der Waals surface area (Å²) in [4.78, 5) is 0. The van der Waals surface area contributed by atoms with E-state index in [-0.39, 0.29) is 6.10 Å². The Balaban J connectivity index is 1.28. The molecule has 0 amide bonds. The van der Waals surface area contributed by atoms with Crippen LogP contribution in [0.2, 0.25) is 0 Å². The van der Waals surface area contributed by atoms with Crippen LogP contribution in [-0.2, 0) is 0 Å². The van der Waals surface area contributed by atoms with E-state index in [1.165, 1.54) is 64.2 Å². The molecule has 5 aliphatic carbocycles. The van der Waals surface area contributed by atoms with E-state index < -0.39 is 5.60 Å². The van der Waals surface area contributed by atoms with Crippen molar-refractivity contribution in [1.29, 1.82) is 0 Å². The summed E-state index contributed by atoms with van der Waals surface area (Å²) in [5.41, 5.74) is 2.00. The number of hydrogen-bond acceptors (Lipinski definition) is 2. The van der Waals surface area contributed by atoms with Crippen LogP contribution in [0.5, 0.6) is 0 Å². The lowest BCUT2D eigenvalue weighted by Gasteiger charge is -2.59. The third-order valence-electron chi connectivity index (χ3n) is 12.3. The van der Waals surface area contributed by atoms with Gasteiger partial charge in [-0.05, 0) is 130 Å². The van der Waals surface area contributed by atoms with Gasteiger partial charge in [0.2, 0.25) is 0 Å². The van der Waals surface area contributed by atoms with E-state index in [0.29, 0.717) is 16.7 Å². The van der Waals surface area contributed by atoms with Gasteiger partial charge in [-0.1, -0.05) is 45.8 Å². The van der Waals surface area contributed by atoms with Crippen molar-refractivity contribution in [3.8, 4) is 0 Å². The third kappa shape index (κ3) is 3.65. The molecular weight excluding hydrogens is 392 g/mol. The third-order valence-corrected chi connectivity index (χ3v) is 12.3. The maximum Gasteiger partial charge on any atom is 0.0682 e. The first-order valence-corrected chi connectivity index (χ1v) is 14.3. The highest BCUT2D eigenvalue weighted by molar-refractivity contribution is 5.27. The van der Waals surface area contributed by atoms with Gasteiger partial charge in [0.15, 0.2) is 0 Å². The summed E-state index contributed by atoms with van der Waals surface area (Å²) in [6.45, 7) is 9.88. The molecule has 0 saturated heterocycles. The predicted octanol–water partition coefficient (Wildman–Crippen LogP) is 7.28. The number of fused-ring (bicyclic) bond motifs is 5. The molecule has 5 aliphatic rings. The molecule has 32 heavy (non-hydrogen) atoms. The van der Waals surface area contributed by atoms with Crippen LogP contribution in [0.1, 0.15) is 118 Å². The van der Waals surface area contributed by atoms with Crippen molar-refractivity contribution >= 4 is 0 Å². The first kappa shape index (κ1) is 23.4. The summed E-state index contributed by atoms with van der Waals surface area (Å²) in [7, 11) is 0. The summed E-state index contributed by atoms with van der Waals surface area (Å²) >= 11 is 0. The molecule has 1 unspecified atom stereocenters. The minimum absolute atomic E-state index is 0.0399. The van der Waals surface area contributed by atoms with Gasteiger partial charge in [0.05, 0.1) is 11.7 Å². The van der Waals surface area contributed by atoms with E-state index in [1.807, 2.05) is 0 Å². The summed E-state index contributed by atoms with van der Waals surface area (Å²) in [6.07, 6.45) is 19.5. The standard InChI is InChI=1S/C30H50O2/c1-5-30(32)18-17-28(3)22(19-30)10-11-23-25-13-12-24(29(25,4)16-15-26(23)28)20(2)9-14-27(31)21-7-6-8-21/h10,20-21,23-27,31-32H,5-9,11-19H2,1-4H3/t20-,23+,24-,25+,26+,27?,28+,29-,30+/m1/s1. The number of aliphatic hydroxyl groups excluding tert-OH is 1. The Morgan fingerprint density at radius 1 is 1.00 bits per heavy atom. The molecule has 0 aromatic heterocycles. The van der Waals surface area contributed by atoms with Crippen LogP contribution < -0.4 is 0 Å². The maximum absolute atomic E-state index is 11.0. The quantitative estimate of drug-likeness (QED) is 0.424. The highest BCUT2D eigenvalue weighted by atomic mass is 16.3. The molecule has 4 saturated carbocycles. The molecule has 0 aromatic rings. The Kier molecular flexibility index (Phi) is 6.14. The van der Waals surface area contributed by atoms with E-state index in [0.717, 1.165) is 55.3 Å². The lowest BCUT2D eigenvalue weighted by molar-refractivity contribution is -0.0760. The first-order valence-electron chi connectivity index (χ1n) is 14.3. The van der Waals surface area contributed by atoms with Gasteiger partial charge in [0.25, 0.3) is 0 Å². The van der Waals surface area contributed by atoms with Gasteiger partial charge in [-0.15, -0.1) is 0 Å². The number of hydrogen-bond donors (Lipinski definition) is 2. The molecule has 2 heteroatoms. The lowest BCUT2D eigenvalue weighted by Crippen LogP contribution is -2.52. The van der Waals surface area contributed by atoms with Crippen molar-refractivity contribution in [2.45, 2.75) is 129 Å². The SMILES string of the molecule is CC[C@]1(O)CC[C@@]2(C)C(=CC[C@H]3[C@@H]4CC[C@H]([C@H](C)CCC(O)C5CCC5)[C@@]4(C)CC[C@@H]32)C1. The van der Waals surface area contributed by atoms with Crippen molar-refractivity contribution in [2.24, 2.45) is 46.3 Å². The van der Waals surface area contributed by atoms with Crippen LogP contribution in [0.4, 0.5) is 0 Å². The molecule has 2 nitrogen and oxygen atoms in total. The van der Waals surface area contributed by atoms with E-state index in [2.05, 4.69) is 33.8 Å². The summed E-state index contributed by atoms with van der Waals surface area (Å²) < 4.78 is 0. The Hall–Kier alpha value is -0.340. The zero-order chi connectivity index (χ0) is 22.7. The zero-order valence-corrected chi connectivity index (χ0v) is 21.4. The molecule has 0 heterocycles. The van der Waals surface area contributed by atoms with Gasteiger partial charge in [-0.25, -0.2) is 0 Å². The highest BCUT2D eigenvalue weighted by Gasteiger charge is 2.59. The van der Waals surface area contributed by atoms with Crippen LogP contribution >= 0.6 is 0 Å². The summed E-state index contributed by atoms with van der Waals surface area (Å²) in [5, 5.41) is 21.6. The molecule has 0 aliphatic heterocycles. The van der Waals surface area contributed by atoms with Crippen molar-refractivity contribution in [1.82, 2.24) is 0 Å². The topological polar surface area (TPSA) is 40.5 Å². The molecule has 5 rings (SSSR count). The summed E-state index contributed by atoms with van der Waals surface area (Å²) in [5.74, 6) is 4.76. The van der Waals surface area contributed by atoms with Crippen LogP contribution in [0.3, 0.4) is 0 Å². The largest absolute Gasteiger partial charge is 0.393 e. The minimum atomic E-state index is -0.445. The molecule has 9 atom stereocenters. The second-order valence-corrected chi connectivity index (χ2v) is 13.6. The van der Waals surface area contributed by atoms with E-state index in [9.17, 15) is 10.2 Å². The van der Waals surface area contributed by atoms with Gasteiger partial charge in [0, 0.05) is 0 Å². The van der Waals surface area contributed by atoms with Crippen molar-refractivity contribution in [3.63, 3.8) is 0 Å². The monoisotopic (exact) mass is 442 g/mol. The van der Waals surface area contributed by atoms with Gasteiger partial charge < -0.3 is 10.2 Å². The minimum Gasteiger partial charge on any atom is -0.393 e. The van der Waals surface area contributed by atoms with Crippen LogP contribution in [0.25, 0.3) is 0 Å².